The number of rotatable bonds is 3. The number of nitro groups is 1. The second-order valence-electron chi connectivity index (χ2n) is 6.78. The fourth-order valence-electron chi connectivity index (χ4n) is 2.47. The van der Waals surface area contributed by atoms with E-state index in [1.807, 2.05) is 0 Å². The van der Waals surface area contributed by atoms with Gasteiger partial charge in [-0.3, -0.25) is 10.1 Å². The number of carbonyl (C=O) groups is 1. The SMILES string of the molecule is CC(C)(C)OC(=O)N1CCC(Oc2cc(Br)cc(F)c2[N+](=O)[O-])CC1. The topological polar surface area (TPSA) is 81.9 Å². The molecule has 0 N–H and O–H groups in total. The molecule has 1 aliphatic rings. The third kappa shape index (κ3) is 5.29. The van der Waals surface area contributed by atoms with Gasteiger partial charge in [0, 0.05) is 36.5 Å². The van der Waals surface area contributed by atoms with Crippen LogP contribution in [0, 0.1) is 15.9 Å². The Hall–Kier alpha value is -1.90. The quantitative estimate of drug-likeness (QED) is 0.540. The van der Waals surface area contributed by atoms with Crippen LogP contribution in [-0.4, -0.2) is 40.7 Å². The number of nitrogens with zero attached hydrogens (tertiary/aromatic N) is 2. The lowest BCUT2D eigenvalue weighted by Crippen LogP contribution is -2.44. The Labute approximate surface area is 153 Å². The molecule has 1 fully saturated rings. The minimum Gasteiger partial charge on any atom is -0.483 e. The predicted octanol–water partition coefficient (Wildman–Crippen LogP) is 4.27. The standard InChI is InChI=1S/C16H20BrFN2O5/c1-16(2,3)25-15(21)19-6-4-11(5-7-19)24-13-9-10(17)8-12(18)14(13)20(22)23/h8-9,11H,4-7H2,1-3H3. The van der Waals surface area contributed by atoms with Crippen LogP contribution in [0.1, 0.15) is 33.6 Å². The fraction of sp³-hybridized carbons (Fsp3) is 0.562. The minimum atomic E-state index is -0.958. The Morgan fingerprint density at radius 1 is 1.36 bits per heavy atom. The monoisotopic (exact) mass is 418 g/mol. The molecule has 1 aliphatic heterocycles. The summed E-state index contributed by atoms with van der Waals surface area (Å²) in [6.45, 7) is 6.19. The van der Waals surface area contributed by atoms with Crippen LogP contribution in [0.25, 0.3) is 0 Å². The van der Waals surface area contributed by atoms with Gasteiger partial charge >= 0.3 is 11.8 Å². The van der Waals surface area contributed by atoms with Crippen LogP contribution in [0.2, 0.25) is 0 Å². The maximum atomic E-state index is 13.8. The first-order valence-corrected chi connectivity index (χ1v) is 8.64. The summed E-state index contributed by atoms with van der Waals surface area (Å²) in [5.74, 6) is -1.08. The van der Waals surface area contributed by atoms with Crippen molar-refractivity contribution in [3.63, 3.8) is 0 Å². The number of hydrogen-bond acceptors (Lipinski definition) is 5. The molecule has 0 unspecified atom stereocenters. The number of benzene rings is 1. The van der Waals surface area contributed by atoms with Crippen LogP contribution in [0.4, 0.5) is 14.9 Å². The average molecular weight is 419 g/mol. The first kappa shape index (κ1) is 19.4. The van der Waals surface area contributed by atoms with Gasteiger partial charge in [0.2, 0.25) is 11.6 Å². The Morgan fingerprint density at radius 3 is 2.48 bits per heavy atom. The van der Waals surface area contributed by atoms with E-state index < -0.39 is 28.1 Å². The van der Waals surface area contributed by atoms with Crippen molar-refractivity contribution in [3.8, 4) is 5.75 Å². The second-order valence-corrected chi connectivity index (χ2v) is 7.69. The van der Waals surface area contributed by atoms with Gasteiger partial charge < -0.3 is 14.4 Å². The molecule has 138 valence electrons. The Bertz CT molecular complexity index is 669. The summed E-state index contributed by atoms with van der Waals surface area (Å²) < 4.78 is 25.1. The van der Waals surface area contributed by atoms with E-state index in [1.165, 1.54) is 6.07 Å². The molecular formula is C16H20BrFN2O5. The third-order valence-corrected chi connectivity index (χ3v) is 4.02. The van der Waals surface area contributed by atoms with Crippen LogP contribution in [0.3, 0.4) is 0 Å². The molecule has 0 bridgehead atoms. The molecular weight excluding hydrogens is 399 g/mol. The van der Waals surface area contributed by atoms with Gasteiger partial charge in [-0.1, -0.05) is 15.9 Å². The lowest BCUT2D eigenvalue weighted by atomic mass is 10.1. The number of amides is 1. The van der Waals surface area contributed by atoms with Gasteiger partial charge in [-0.2, -0.15) is 4.39 Å². The molecule has 1 heterocycles. The fourth-order valence-corrected chi connectivity index (χ4v) is 2.88. The van der Waals surface area contributed by atoms with E-state index in [9.17, 15) is 19.3 Å². The molecule has 0 radical (unpaired) electrons. The van der Waals surface area contributed by atoms with Gasteiger partial charge in [0.15, 0.2) is 0 Å². The van der Waals surface area contributed by atoms with Crippen molar-refractivity contribution >= 4 is 27.7 Å². The Kier molecular flexibility index (Phi) is 5.87. The van der Waals surface area contributed by atoms with Gasteiger partial charge in [0.05, 0.1) is 4.92 Å². The zero-order valence-corrected chi connectivity index (χ0v) is 15.8. The van der Waals surface area contributed by atoms with Crippen molar-refractivity contribution in [3.05, 3.63) is 32.5 Å². The molecule has 0 saturated carbocycles. The summed E-state index contributed by atoms with van der Waals surface area (Å²) in [7, 11) is 0. The molecule has 1 amide bonds. The zero-order chi connectivity index (χ0) is 18.8. The van der Waals surface area contributed by atoms with Crippen molar-refractivity contribution in [2.45, 2.75) is 45.3 Å². The van der Waals surface area contributed by atoms with E-state index in [0.29, 0.717) is 30.4 Å². The maximum Gasteiger partial charge on any atom is 0.410 e. The summed E-state index contributed by atoms with van der Waals surface area (Å²) in [6, 6.07) is 2.40. The van der Waals surface area contributed by atoms with Crippen molar-refractivity contribution < 1.29 is 23.6 Å². The molecule has 7 nitrogen and oxygen atoms in total. The van der Waals surface area contributed by atoms with Crippen LogP contribution in [-0.2, 0) is 4.74 Å². The highest BCUT2D eigenvalue weighted by Crippen LogP contribution is 2.35. The average Bonchev–Trinajstić information content (AvgIpc) is 2.44. The Morgan fingerprint density at radius 2 is 1.96 bits per heavy atom. The summed E-state index contributed by atoms with van der Waals surface area (Å²) in [5, 5.41) is 11.1. The molecule has 1 aromatic carbocycles. The van der Waals surface area contributed by atoms with Gasteiger partial charge in [-0.25, -0.2) is 4.79 Å². The maximum absolute atomic E-state index is 13.8. The lowest BCUT2D eigenvalue weighted by Gasteiger charge is -2.33. The molecule has 0 spiro atoms. The molecule has 1 saturated heterocycles. The van der Waals surface area contributed by atoms with E-state index >= 15 is 0 Å². The number of hydrogen-bond donors (Lipinski definition) is 0. The van der Waals surface area contributed by atoms with Gasteiger partial charge in [0.1, 0.15) is 11.7 Å². The van der Waals surface area contributed by atoms with Gasteiger partial charge in [-0.15, -0.1) is 0 Å². The molecule has 0 aromatic heterocycles. The number of ether oxygens (including phenoxy) is 2. The largest absolute Gasteiger partial charge is 0.483 e. The smallest absolute Gasteiger partial charge is 0.410 e. The highest BCUT2D eigenvalue weighted by atomic mass is 79.9. The van der Waals surface area contributed by atoms with Crippen molar-refractivity contribution in [2.24, 2.45) is 0 Å². The number of halogens is 2. The number of carbonyl (C=O) groups excluding carboxylic acids is 1. The summed E-state index contributed by atoms with van der Waals surface area (Å²) >= 11 is 3.11. The first-order chi connectivity index (χ1) is 11.6. The van der Waals surface area contributed by atoms with Crippen molar-refractivity contribution in [1.82, 2.24) is 4.90 Å². The van der Waals surface area contributed by atoms with Crippen LogP contribution in [0.15, 0.2) is 16.6 Å². The second kappa shape index (κ2) is 7.55. The molecule has 2 rings (SSSR count). The summed E-state index contributed by atoms with van der Waals surface area (Å²) in [5.41, 5.74) is -1.25. The van der Waals surface area contributed by atoms with Crippen molar-refractivity contribution in [1.29, 1.82) is 0 Å². The van der Waals surface area contributed by atoms with Crippen LogP contribution in [0.5, 0.6) is 5.75 Å². The van der Waals surface area contributed by atoms with Gasteiger partial charge in [0.25, 0.3) is 0 Å². The lowest BCUT2D eigenvalue weighted by molar-refractivity contribution is -0.388. The number of piperidine rings is 1. The van der Waals surface area contributed by atoms with E-state index in [2.05, 4.69) is 15.9 Å². The van der Waals surface area contributed by atoms with Crippen LogP contribution < -0.4 is 4.74 Å². The molecule has 1 aromatic rings. The van der Waals surface area contributed by atoms with E-state index in [4.69, 9.17) is 9.47 Å². The highest BCUT2D eigenvalue weighted by molar-refractivity contribution is 9.10. The van der Waals surface area contributed by atoms with Crippen LogP contribution >= 0.6 is 15.9 Å². The van der Waals surface area contributed by atoms with E-state index in [0.717, 1.165) is 6.07 Å². The predicted molar refractivity (Wildman–Crippen MR) is 92.2 cm³/mol. The molecule has 0 aliphatic carbocycles. The molecule has 25 heavy (non-hydrogen) atoms. The van der Waals surface area contributed by atoms with E-state index in [1.54, 1.807) is 25.7 Å². The number of likely N-dealkylation sites (tertiary alicyclic amines) is 1. The summed E-state index contributed by atoms with van der Waals surface area (Å²) in [6.07, 6.45) is 0.214. The highest BCUT2D eigenvalue weighted by Gasteiger charge is 2.30. The summed E-state index contributed by atoms with van der Waals surface area (Å²) in [4.78, 5) is 23.9. The van der Waals surface area contributed by atoms with E-state index in [-0.39, 0.29) is 11.9 Å². The molecule has 0 atom stereocenters. The minimum absolute atomic E-state index is 0.118. The first-order valence-electron chi connectivity index (χ1n) is 7.85. The van der Waals surface area contributed by atoms with Gasteiger partial charge in [-0.05, 0) is 26.8 Å². The normalized spacial score (nSPS) is 15.8. The number of nitro benzene ring substituents is 1. The molecule has 9 heteroatoms. The zero-order valence-electron chi connectivity index (χ0n) is 14.3. The Balaban J connectivity index is 2.01. The van der Waals surface area contributed by atoms with Crippen molar-refractivity contribution in [2.75, 3.05) is 13.1 Å². The third-order valence-electron chi connectivity index (χ3n) is 3.56.